The second-order valence-electron chi connectivity index (χ2n) is 8.69. The van der Waals surface area contributed by atoms with Gasteiger partial charge in [0.2, 0.25) is 5.91 Å². The lowest BCUT2D eigenvalue weighted by molar-refractivity contribution is -0.384. The lowest BCUT2D eigenvalue weighted by atomic mass is 10.1. The van der Waals surface area contributed by atoms with Crippen molar-refractivity contribution in [3.63, 3.8) is 0 Å². The number of carbonyl (C=O) groups excluding carboxylic acids is 3. The lowest BCUT2D eigenvalue weighted by Gasteiger charge is -2.27. The van der Waals surface area contributed by atoms with E-state index >= 15 is 0 Å². The van der Waals surface area contributed by atoms with Crippen molar-refractivity contribution in [1.29, 1.82) is 0 Å². The molecule has 0 radical (unpaired) electrons. The number of hydrogen-bond acceptors (Lipinski definition) is 8. The summed E-state index contributed by atoms with van der Waals surface area (Å²) in [6, 6.07) is 9.27. The molecule has 0 N–H and O–H groups in total. The van der Waals surface area contributed by atoms with Gasteiger partial charge in [-0.2, -0.15) is 0 Å². The number of hydrogen-bond donors (Lipinski definition) is 0. The van der Waals surface area contributed by atoms with Crippen LogP contribution in [0.4, 0.5) is 10.5 Å². The molecule has 2 saturated heterocycles. The summed E-state index contributed by atoms with van der Waals surface area (Å²) in [7, 11) is 0. The van der Waals surface area contributed by atoms with E-state index in [0.29, 0.717) is 36.6 Å². The maximum absolute atomic E-state index is 12.9. The summed E-state index contributed by atoms with van der Waals surface area (Å²) < 4.78 is 11.5. The normalized spacial score (nSPS) is 16.7. The largest absolute Gasteiger partial charge is 0.490 e. The Labute approximate surface area is 228 Å². The second kappa shape index (κ2) is 12.3. The number of non-ortho nitro benzene ring substituents is 1. The summed E-state index contributed by atoms with van der Waals surface area (Å²) >= 11 is 7.25. The third-order valence-corrected chi connectivity index (χ3v) is 7.20. The van der Waals surface area contributed by atoms with Gasteiger partial charge in [0.25, 0.3) is 16.8 Å². The molecular weight excluding hydrogens is 534 g/mol. The van der Waals surface area contributed by atoms with Crippen molar-refractivity contribution in [2.75, 3.05) is 26.2 Å². The van der Waals surface area contributed by atoms with Crippen molar-refractivity contribution < 1.29 is 28.8 Å². The Morgan fingerprint density at radius 1 is 1.16 bits per heavy atom. The maximum Gasteiger partial charge on any atom is 0.294 e. The highest BCUT2D eigenvalue weighted by molar-refractivity contribution is 8.18. The molecule has 0 atom stereocenters. The van der Waals surface area contributed by atoms with Gasteiger partial charge in [-0.05, 0) is 67.3 Å². The van der Waals surface area contributed by atoms with Gasteiger partial charge in [0.15, 0.2) is 11.5 Å². The Morgan fingerprint density at radius 2 is 1.92 bits per heavy atom. The minimum Gasteiger partial charge on any atom is -0.490 e. The first kappa shape index (κ1) is 27.5. The van der Waals surface area contributed by atoms with E-state index in [9.17, 15) is 24.5 Å². The number of piperidine rings is 1. The molecule has 2 aliphatic heterocycles. The Bertz CT molecular complexity index is 1290. The van der Waals surface area contributed by atoms with Gasteiger partial charge in [0, 0.05) is 25.2 Å². The molecule has 0 unspecified atom stereocenters. The zero-order chi connectivity index (χ0) is 27.2. The number of nitro benzene ring substituents is 1. The monoisotopic (exact) mass is 559 g/mol. The second-order valence-corrected chi connectivity index (χ2v) is 10.1. The van der Waals surface area contributed by atoms with Crippen molar-refractivity contribution in [3.8, 4) is 11.5 Å². The van der Waals surface area contributed by atoms with Gasteiger partial charge in [-0.15, -0.1) is 0 Å². The number of likely N-dealkylation sites (tertiary alicyclic amines) is 1. The van der Waals surface area contributed by atoms with Crippen molar-refractivity contribution in [1.82, 2.24) is 9.80 Å². The lowest BCUT2D eigenvalue weighted by Crippen LogP contribution is -2.44. The Kier molecular flexibility index (Phi) is 8.90. The Balaban J connectivity index is 1.50. The maximum atomic E-state index is 12.9. The standard InChI is InChI=1S/C26H26ClN3O7S/c1-2-36-21-13-18(12-20(27)24(21)37-16-17-7-6-8-19(11-17)30(34)35)14-22-25(32)29(26(33)38-22)15-23(31)28-9-4-3-5-10-28/h6-8,11-14H,2-5,9-10,15-16H2,1H3/b22-14-. The van der Waals surface area contributed by atoms with Crippen molar-refractivity contribution in [2.45, 2.75) is 32.8 Å². The number of nitro groups is 1. The number of amides is 3. The van der Waals surface area contributed by atoms with Crippen LogP contribution in [0.1, 0.15) is 37.3 Å². The third-order valence-electron chi connectivity index (χ3n) is 6.01. The number of nitrogens with zero attached hydrogens (tertiary/aromatic N) is 3. The number of ether oxygens (including phenoxy) is 2. The van der Waals surface area contributed by atoms with E-state index in [1.807, 2.05) is 0 Å². The summed E-state index contributed by atoms with van der Waals surface area (Å²) in [6.45, 7) is 3.11. The predicted octanol–water partition coefficient (Wildman–Crippen LogP) is 5.27. The SMILES string of the molecule is CCOc1cc(/C=C2\SC(=O)N(CC(=O)N3CCCCC3)C2=O)cc(Cl)c1OCc1cccc([N+](=O)[O-])c1. The molecule has 2 aromatic rings. The van der Waals surface area contributed by atoms with Gasteiger partial charge >= 0.3 is 0 Å². The van der Waals surface area contributed by atoms with Crippen LogP contribution in [-0.4, -0.2) is 58.0 Å². The van der Waals surface area contributed by atoms with Crippen LogP contribution in [0, 0.1) is 10.1 Å². The van der Waals surface area contributed by atoms with Crippen LogP contribution in [0.5, 0.6) is 11.5 Å². The molecule has 0 saturated carbocycles. The minimum atomic E-state index is -0.537. The summed E-state index contributed by atoms with van der Waals surface area (Å²) in [6.07, 6.45) is 4.43. The number of imide groups is 1. The van der Waals surface area contributed by atoms with Gasteiger partial charge in [0.1, 0.15) is 13.2 Å². The van der Waals surface area contributed by atoms with E-state index in [1.165, 1.54) is 18.2 Å². The fourth-order valence-corrected chi connectivity index (χ4v) is 5.27. The number of rotatable bonds is 9. The van der Waals surface area contributed by atoms with Crippen molar-refractivity contribution in [3.05, 3.63) is 67.6 Å². The average Bonchev–Trinajstić information content (AvgIpc) is 3.16. The van der Waals surface area contributed by atoms with Crippen molar-refractivity contribution in [2.24, 2.45) is 0 Å². The molecule has 12 heteroatoms. The molecule has 0 aromatic heterocycles. The van der Waals surface area contributed by atoms with Crippen LogP contribution in [0.15, 0.2) is 41.3 Å². The van der Waals surface area contributed by atoms with E-state index in [0.717, 1.165) is 35.9 Å². The molecule has 2 heterocycles. The Hall–Kier alpha value is -3.57. The number of halogens is 1. The van der Waals surface area contributed by atoms with Crippen LogP contribution >= 0.6 is 23.4 Å². The van der Waals surface area contributed by atoms with E-state index in [2.05, 4.69) is 0 Å². The summed E-state index contributed by atoms with van der Waals surface area (Å²) in [5, 5.41) is 10.7. The zero-order valence-corrected chi connectivity index (χ0v) is 22.3. The van der Waals surface area contributed by atoms with E-state index in [-0.39, 0.29) is 40.4 Å². The van der Waals surface area contributed by atoms with Gasteiger partial charge in [-0.25, -0.2) is 0 Å². The highest BCUT2D eigenvalue weighted by atomic mass is 35.5. The highest BCUT2D eigenvalue weighted by Crippen LogP contribution is 2.39. The quantitative estimate of drug-likeness (QED) is 0.231. The average molecular weight is 560 g/mol. The van der Waals surface area contributed by atoms with Crippen LogP contribution in [0.2, 0.25) is 5.02 Å². The minimum absolute atomic E-state index is 0.0186. The van der Waals surface area contributed by atoms with Gasteiger partial charge in [-0.1, -0.05) is 23.7 Å². The highest BCUT2D eigenvalue weighted by Gasteiger charge is 2.37. The molecule has 3 amide bonds. The molecular formula is C26H26ClN3O7S. The number of benzene rings is 2. The van der Waals surface area contributed by atoms with Crippen LogP contribution in [-0.2, 0) is 16.2 Å². The fourth-order valence-electron chi connectivity index (χ4n) is 4.16. The number of thioether (sulfide) groups is 1. The summed E-state index contributed by atoms with van der Waals surface area (Å²) in [5.41, 5.74) is 1.03. The first-order chi connectivity index (χ1) is 18.3. The third kappa shape index (κ3) is 6.46. The molecule has 200 valence electrons. The van der Waals surface area contributed by atoms with E-state index < -0.39 is 16.1 Å². The predicted molar refractivity (Wildman–Crippen MR) is 143 cm³/mol. The smallest absolute Gasteiger partial charge is 0.294 e. The summed E-state index contributed by atoms with van der Waals surface area (Å²) in [4.78, 5) is 51.4. The topological polar surface area (TPSA) is 119 Å². The molecule has 4 rings (SSSR count). The van der Waals surface area contributed by atoms with Crippen molar-refractivity contribution >= 4 is 52.2 Å². The van der Waals surface area contributed by atoms with Crippen LogP contribution in [0.3, 0.4) is 0 Å². The molecule has 0 aliphatic carbocycles. The van der Waals surface area contributed by atoms with Crippen LogP contribution < -0.4 is 9.47 Å². The molecule has 10 nitrogen and oxygen atoms in total. The molecule has 0 spiro atoms. The fraction of sp³-hybridized carbons (Fsp3) is 0.346. The van der Waals surface area contributed by atoms with Crippen LogP contribution in [0.25, 0.3) is 6.08 Å². The zero-order valence-electron chi connectivity index (χ0n) is 20.7. The van der Waals surface area contributed by atoms with Gasteiger partial charge in [-0.3, -0.25) is 29.4 Å². The molecule has 2 fully saturated rings. The molecule has 2 aromatic carbocycles. The molecule has 0 bridgehead atoms. The Morgan fingerprint density at radius 3 is 2.63 bits per heavy atom. The van der Waals surface area contributed by atoms with E-state index in [1.54, 1.807) is 36.1 Å². The molecule has 2 aliphatic rings. The first-order valence-corrected chi connectivity index (χ1v) is 13.3. The summed E-state index contributed by atoms with van der Waals surface area (Å²) in [5.74, 6) is -0.209. The molecule has 38 heavy (non-hydrogen) atoms. The van der Waals surface area contributed by atoms with E-state index in [4.69, 9.17) is 21.1 Å². The first-order valence-electron chi connectivity index (χ1n) is 12.1. The van der Waals surface area contributed by atoms with Gasteiger partial charge < -0.3 is 14.4 Å². The van der Waals surface area contributed by atoms with Gasteiger partial charge in [0.05, 0.1) is 21.5 Å². The number of carbonyl (C=O) groups is 3.